The molecule has 0 bridgehead atoms. The molecule has 1 atom stereocenters. The monoisotopic (exact) mass is 503 g/mol. The molecule has 0 saturated carbocycles. The number of fused-ring (bicyclic) bond motifs is 2. The highest BCUT2D eigenvalue weighted by Crippen LogP contribution is 2.31. The Bertz CT molecular complexity index is 1660. The second kappa shape index (κ2) is 9.36. The Morgan fingerprint density at radius 1 is 1.20 bits per heavy atom. The zero-order valence-electron chi connectivity index (χ0n) is 19.9. The van der Waals surface area contributed by atoms with Gasteiger partial charge in [-0.15, -0.1) is 11.8 Å². The Morgan fingerprint density at radius 3 is 2.66 bits per heavy atom. The van der Waals surface area contributed by atoms with Gasteiger partial charge in [0.2, 0.25) is 0 Å². The van der Waals surface area contributed by atoms with Crippen molar-refractivity contribution in [3.8, 4) is 0 Å². The maximum atomic E-state index is 13.8. The Morgan fingerprint density at radius 2 is 1.94 bits per heavy atom. The number of thioether (sulfide) groups is 1. The lowest BCUT2D eigenvalue weighted by Crippen LogP contribution is -2.39. The molecule has 3 heterocycles. The first kappa shape index (κ1) is 23.4. The standard InChI is InChI=1S/C27H25N3O3S2/c1-5-33-26(32)23-16(3)29-27-30(24(23)17-10-12-18(34-4)13-11-17)25(31)22(35-27)14-20-15(2)28-21-9-7-6-8-19(20)21/h6-14,24,28H,5H2,1-4H3. The lowest BCUT2D eigenvalue weighted by molar-refractivity contribution is -0.139. The second-order valence-corrected chi connectivity index (χ2v) is 10.2. The minimum Gasteiger partial charge on any atom is -0.463 e. The van der Waals surface area contributed by atoms with Crippen LogP contribution in [0.15, 0.2) is 74.5 Å². The largest absolute Gasteiger partial charge is 0.463 e. The van der Waals surface area contributed by atoms with E-state index >= 15 is 0 Å². The molecule has 178 valence electrons. The molecular weight excluding hydrogens is 478 g/mol. The van der Waals surface area contributed by atoms with E-state index in [1.54, 1.807) is 30.2 Å². The normalized spacial score (nSPS) is 15.9. The van der Waals surface area contributed by atoms with Crippen LogP contribution in [-0.2, 0) is 9.53 Å². The van der Waals surface area contributed by atoms with Gasteiger partial charge in [-0.2, -0.15) is 0 Å². The first-order chi connectivity index (χ1) is 16.9. The van der Waals surface area contributed by atoms with E-state index < -0.39 is 12.0 Å². The summed E-state index contributed by atoms with van der Waals surface area (Å²) >= 11 is 2.98. The van der Waals surface area contributed by atoms with Gasteiger partial charge in [0.15, 0.2) is 4.80 Å². The van der Waals surface area contributed by atoms with Crippen LogP contribution in [0, 0.1) is 6.92 Å². The summed E-state index contributed by atoms with van der Waals surface area (Å²) in [6, 6.07) is 15.4. The van der Waals surface area contributed by atoms with Gasteiger partial charge in [-0.1, -0.05) is 41.7 Å². The zero-order chi connectivity index (χ0) is 24.7. The molecule has 4 aromatic rings. The molecule has 2 aromatic carbocycles. The zero-order valence-corrected chi connectivity index (χ0v) is 21.5. The number of thiazole rings is 1. The minimum atomic E-state index is -0.604. The maximum absolute atomic E-state index is 13.8. The average Bonchev–Trinajstić information content (AvgIpc) is 3.34. The highest BCUT2D eigenvalue weighted by Gasteiger charge is 2.33. The summed E-state index contributed by atoms with van der Waals surface area (Å²) in [5.41, 5.74) is 4.63. The maximum Gasteiger partial charge on any atom is 0.338 e. The van der Waals surface area contributed by atoms with E-state index in [1.165, 1.54) is 11.3 Å². The van der Waals surface area contributed by atoms with Crippen molar-refractivity contribution in [1.29, 1.82) is 0 Å². The lowest BCUT2D eigenvalue weighted by Gasteiger charge is -2.24. The molecule has 2 aromatic heterocycles. The third-order valence-corrected chi connectivity index (χ3v) is 7.89. The number of carbonyl (C=O) groups is 1. The van der Waals surface area contributed by atoms with Gasteiger partial charge in [0, 0.05) is 27.1 Å². The molecule has 35 heavy (non-hydrogen) atoms. The molecular formula is C27H25N3O3S2. The third kappa shape index (κ3) is 4.06. The van der Waals surface area contributed by atoms with Crippen LogP contribution in [0.25, 0.3) is 17.0 Å². The predicted molar refractivity (Wildman–Crippen MR) is 142 cm³/mol. The van der Waals surface area contributed by atoms with E-state index in [1.807, 2.05) is 67.8 Å². The summed E-state index contributed by atoms with van der Waals surface area (Å²) in [7, 11) is 0. The predicted octanol–water partition coefficient (Wildman–Crippen LogP) is 4.31. The first-order valence-electron chi connectivity index (χ1n) is 11.3. The van der Waals surface area contributed by atoms with E-state index in [0.717, 1.165) is 32.6 Å². The van der Waals surface area contributed by atoms with Crippen molar-refractivity contribution >= 4 is 46.0 Å². The van der Waals surface area contributed by atoms with Gasteiger partial charge in [0.25, 0.3) is 5.56 Å². The Kier molecular flexibility index (Phi) is 6.25. The minimum absolute atomic E-state index is 0.174. The second-order valence-electron chi connectivity index (χ2n) is 8.28. The van der Waals surface area contributed by atoms with Crippen molar-refractivity contribution in [3.63, 3.8) is 0 Å². The van der Waals surface area contributed by atoms with E-state index in [4.69, 9.17) is 4.74 Å². The van der Waals surface area contributed by atoms with Gasteiger partial charge >= 0.3 is 5.97 Å². The van der Waals surface area contributed by atoms with Gasteiger partial charge in [-0.25, -0.2) is 9.79 Å². The summed E-state index contributed by atoms with van der Waals surface area (Å²) < 4.78 is 7.58. The SMILES string of the molecule is CCOC(=O)C1=C(C)N=c2sc(=Cc3c(C)[nH]c4ccccc34)c(=O)n2C1c1ccc(SC)cc1. The van der Waals surface area contributed by atoms with Crippen LogP contribution in [0.2, 0.25) is 0 Å². The van der Waals surface area contributed by atoms with E-state index in [-0.39, 0.29) is 12.2 Å². The number of esters is 1. The highest BCUT2D eigenvalue weighted by molar-refractivity contribution is 7.98. The number of ether oxygens (including phenoxy) is 1. The number of allylic oxidation sites excluding steroid dienone is 1. The van der Waals surface area contributed by atoms with Crippen LogP contribution in [0.3, 0.4) is 0 Å². The molecule has 1 aliphatic heterocycles. The van der Waals surface area contributed by atoms with Crippen LogP contribution in [0.4, 0.5) is 0 Å². The summed E-state index contributed by atoms with van der Waals surface area (Å²) in [6.45, 7) is 5.82. The molecule has 5 rings (SSSR count). The van der Waals surface area contributed by atoms with Crippen LogP contribution in [0.1, 0.15) is 36.7 Å². The van der Waals surface area contributed by atoms with E-state index in [0.29, 0.717) is 20.6 Å². The molecule has 1 aliphatic rings. The fourth-order valence-corrected chi connectivity index (χ4v) is 5.95. The number of nitrogens with zero attached hydrogens (tertiary/aromatic N) is 2. The molecule has 0 aliphatic carbocycles. The van der Waals surface area contributed by atoms with Crippen molar-refractivity contribution in [1.82, 2.24) is 9.55 Å². The van der Waals surface area contributed by atoms with Crippen molar-refractivity contribution in [2.75, 3.05) is 12.9 Å². The number of aromatic amines is 1. The molecule has 0 amide bonds. The van der Waals surface area contributed by atoms with Crippen LogP contribution < -0.4 is 14.9 Å². The van der Waals surface area contributed by atoms with Gasteiger partial charge in [-0.3, -0.25) is 9.36 Å². The topological polar surface area (TPSA) is 76.4 Å². The summed E-state index contributed by atoms with van der Waals surface area (Å²) in [5, 5.41) is 1.06. The number of benzene rings is 2. The fraction of sp³-hybridized carbons (Fsp3) is 0.222. The molecule has 1 N–H and O–H groups in total. The van der Waals surface area contributed by atoms with Crippen molar-refractivity contribution in [3.05, 3.63) is 96.3 Å². The smallest absolute Gasteiger partial charge is 0.338 e. The number of hydrogen-bond donors (Lipinski definition) is 1. The van der Waals surface area contributed by atoms with Crippen LogP contribution >= 0.6 is 23.1 Å². The van der Waals surface area contributed by atoms with Gasteiger partial charge in [0.1, 0.15) is 0 Å². The molecule has 1 unspecified atom stereocenters. The number of aryl methyl sites for hydroxylation is 1. The highest BCUT2D eigenvalue weighted by atomic mass is 32.2. The lowest BCUT2D eigenvalue weighted by atomic mass is 9.96. The third-order valence-electron chi connectivity index (χ3n) is 6.17. The molecule has 0 saturated heterocycles. The average molecular weight is 504 g/mol. The van der Waals surface area contributed by atoms with Crippen molar-refractivity contribution < 1.29 is 9.53 Å². The molecule has 0 radical (unpaired) electrons. The van der Waals surface area contributed by atoms with Crippen molar-refractivity contribution in [2.45, 2.75) is 31.7 Å². The fourth-order valence-electron chi connectivity index (χ4n) is 4.51. The number of nitrogens with one attached hydrogen (secondary N) is 1. The van der Waals surface area contributed by atoms with Gasteiger partial charge in [0.05, 0.1) is 28.5 Å². The number of hydrogen-bond acceptors (Lipinski definition) is 6. The van der Waals surface area contributed by atoms with Gasteiger partial charge < -0.3 is 9.72 Å². The number of rotatable bonds is 5. The Labute approximate surface area is 210 Å². The Balaban J connectivity index is 1.75. The molecule has 0 fully saturated rings. The van der Waals surface area contributed by atoms with Crippen LogP contribution in [0.5, 0.6) is 0 Å². The number of carbonyl (C=O) groups excluding carboxylic acids is 1. The van der Waals surface area contributed by atoms with Crippen molar-refractivity contribution in [2.24, 2.45) is 4.99 Å². The summed E-state index contributed by atoms with van der Waals surface area (Å²) in [6.07, 6.45) is 3.94. The van der Waals surface area contributed by atoms with E-state index in [9.17, 15) is 9.59 Å². The summed E-state index contributed by atoms with van der Waals surface area (Å²) in [5.74, 6) is -0.450. The van der Waals surface area contributed by atoms with Gasteiger partial charge in [-0.05, 0) is 56.9 Å². The quantitative estimate of drug-likeness (QED) is 0.325. The summed E-state index contributed by atoms with van der Waals surface area (Å²) in [4.78, 5) is 36.6. The number of aromatic nitrogens is 2. The number of H-pyrrole nitrogens is 1. The Hall–Kier alpha value is -3.36. The molecule has 8 heteroatoms. The number of para-hydroxylation sites is 1. The molecule has 6 nitrogen and oxygen atoms in total. The van der Waals surface area contributed by atoms with E-state index in [2.05, 4.69) is 9.98 Å². The first-order valence-corrected chi connectivity index (χ1v) is 13.4. The van der Waals surface area contributed by atoms with Crippen LogP contribution in [-0.4, -0.2) is 28.4 Å². The molecule has 0 spiro atoms.